The summed E-state index contributed by atoms with van der Waals surface area (Å²) >= 11 is 2.73. The van der Waals surface area contributed by atoms with Crippen LogP contribution in [-0.2, 0) is 4.79 Å². The van der Waals surface area contributed by atoms with Crippen molar-refractivity contribution in [1.29, 1.82) is 0 Å². The lowest BCUT2D eigenvalue weighted by atomic mass is 10.2. The number of carbonyl (C=O) groups excluding carboxylic acids is 2. The molecule has 6 nitrogen and oxygen atoms in total. The van der Waals surface area contributed by atoms with E-state index in [1.807, 2.05) is 13.0 Å². The molecule has 2 aromatic rings. The van der Waals surface area contributed by atoms with Crippen LogP contribution in [0.25, 0.3) is 0 Å². The van der Waals surface area contributed by atoms with Gasteiger partial charge in [0.2, 0.25) is 0 Å². The van der Waals surface area contributed by atoms with Crippen LogP contribution in [0.3, 0.4) is 0 Å². The number of nitrogens with one attached hydrogen (secondary N) is 2. The smallest absolute Gasteiger partial charge is 0.269 e. The van der Waals surface area contributed by atoms with Gasteiger partial charge in [-0.15, -0.1) is 10.2 Å². The van der Waals surface area contributed by atoms with E-state index in [0.717, 1.165) is 9.35 Å². The van der Waals surface area contributed by atoms with Crippen LogP contribution in [0.15, 0.2) is 34.7 Å². The highest BCUT2D eigenvalue weighted by Gasteiger charge is 2.17. The van der Waals surface area contributed by atoms with Crippen LogP contribution in [0, 0.1) is 6.92 Å². The minimum Gasteiger partial charge on any atom is -0.272 e. The highest BCUT2D eigenvalue weighted by atomic mass is 32.2. The Hall–Kier alpha value is -1.93. The maximum Gasteiger partial charge on any atom is 0.269 e. The molecule has 21 heavy (non-hydrogen) atoms. The van der Waals surface area contributed by atoms with Crippen molar-refractivity contribution in [1.82, 2.24) is 21.0 Å². The van der Waals surface area contributed by atoms with E-state index in [2.05, 4.69) is 21.0 Å². The number of benzene rings is 1. The quantitative estimate of drug-likeness (QED) is 0.662. The molecule has 1 atom stereocenters. The summed E-state index contributed by atoms with van der Waals surface area (Å²) in [6.07, 6.45) is 0. The minimum absolute atomic E-state index is 0.294. The van der Waals surface area contributed by atoms with Crippen molar-refractivity contribution in [2.24, 2.45) is 0 Å². The number of amides is 2. The van der Waals surface area contributed by atoms with Gasteiger partial charge in [0.25, 0.3) is 11.8 Å². The number of thioether (sulfide) groups is 1. The van der Waals surface area contributed by atoms with E-state index < -0.39 is 0 Å². The summed E-state index contributed by atoms with van der Waals surface area (Å²) in [6.45, 7) is 3.60. The molecule has 2 N–H and O–H groups in total. The number of aromatic nitrogens is 2. The van der Waals surface area contributed by atoms with Gasteiger partial charge in [-0.3, -0.25) is 20.4 Å². The van der Waals surface area contributed by atoms with Crippen molar-refractivity contribution in [3.8, 4) is 0 Å². The molecule has 0 saturated heterocycles. The van der Waals surface area contributed by atoms with E-state index >= 15 is 0 Å². The van der Waals surface area contributed by atoms with Crippen LogP contribution >= 0.6 is 23.1 Å². The second-order valence-electron chi connectivity index (χ2n) is 4.16. The second-order valence-corrected chi connectivity index (χ2v) is 6.93. The molecular weight excluding hydrogens is 308 g/mol. The van der Waals surface area contributed by atoms with Crippen LogP contribution in [0.4, 0.5) is 0 Å². The highest BCUT2D eigenvalue weighted by Crippen LogP contribution is 2.25. The van der Waals surface area contributed by atoms with Crippen molar-refractivity contribution in [3.63, 3.8) is 0 Å². The Labute approximate surface area is 130 Å². The topological polar surface area (TPSA) is 84.0 Å². The molecule has 1 heterocycles. The Morgan fingerprint density at radius 1 is 1.19 bits per heavy atom. The fourth-order valence-electron chi connectivity index (χ4n) is 1.41. The summed E-state index contributed by atoms with van der Waals surface area (Å²) in [5.41, 5.74) is 5.28. The number of hydrazine groups is 1. The zero-order chi connectivity index (χ0) is 15.2. The van der Waals surface area contributed by atoms with Crippen LogP contribution in [0.2, 0.25) is 0 Å². The summed E-state index contributed by atoms with van der Waals surface area (Å²) in [5.74, 6) is -0.648. The monoisotopic (exact) mass is 322 g/mol. The molecule has 0 aliphatic heterocycles. The summed E-state index contributed by atoms with van der Waals surface area (Å²) in [5, 5.41) is 8.30. The molecule has 0 aliphatic carbocycles. The summed E-state index contributed by atoms with van der Waals surface area (Å²) < 4.78 is 0.726. The molecule has 8 heteroatoms. The number of hydrogen-bond acceptors (Lipinski definition) is 6. The van der Waals surface area contributed by atoms with Crippen LogP contribution in [0.1, 0.15) is 22.3 Å². The fourth-order valence-corrected chi connectivity index (χ4v) is 3.37. The molecule has 0 aliphatic rings. The number of hydrogen-bond donors (Lipinski definition) is 2. The Bertz CT molecular complexity index is 630. The second kappa shape index (κ2) is 7.19. The van der Waals surface area contributed by atoms with Gasteiger partial charge in [-0.05, 0) is 26.0 Å². The highest BCUT2D eigenvalue weighted by molar-refractivity contribution is 8.02. The van der Waals surface area contributed by atoms with Gasteiger partial charge in [0.1, 0.15) is 5.01 Å². The van der Waals surface area contributed by atoms with E-state index in [-0.39, 0.29) is 17.1 Å². The lowest BCUT2D eigenvalue weighted by molar-refractivity contribution is -0.121. The predicted molar refractivity (Wildman–Crippen MR) is 82.0 cm³/mol. The Balaban J connectivity index is 1.82. The molecule has 1 aromatic heterocycles. The van der Waals surface area contributed by atoms with Crippen LogP contribution in [0.5, 0.6) is 0 Å². The van der Waals surface area contributed by atoms with Gasteiger partial charge in [0.05, 0.1) is 5.25 Å². The normalized spacial score (nSPS) is 11.7. The lowest BCUT2D eigenvalue weighted by Crippen LogP contribution is -2.44. The minimum atomic E-state index is -0.381. The molecule has 0 unspecified atom stereocenters. The summed E-state index contributed by atoms with van der Waals surface area (Å²) in [4.78, 5) is 23.7. The summed E-state index contributed by atoms with van der Waals surface area (Å²) in [6, 6.07) is 8.67. The molecule has 110 valence electrons. The largest absolute Gasteiger partial charge is 0.272 e. The van der Waals surface area contributed by atoms with Crippen LogP contribution in [-0.4, -0.2) is 27.3 Å². The van der Waals surface area contributed by atoms with Gasteiger partial charge in [-0.2, -0.15) is 0 Å². The van der Waals surface area contributed by atoms with E-state index in [1.54, 1.807) is 31.2 Å². The Morgan fingerprint density at radius 2 is 1.90 bits per heavy atom. The first-order valence-electron chi connectivity index (χ1n) is 6.18. The molecular formula is C13H14N4O2S2. The predicted octanol–water partition coefficient (Wildman–Crippen LogP) is 1.79. The lowest BCUT2D eigenvalue weighted by Gasteiger charge is -2.11. The fraction of sp³-hybridized carbons (Fsp3) is 0.231. The molecule has 0 radical (unpaired) electrons. The first-order chi connectivity index (χ1) is 10.1. The molecule has 2 rings (SSSR count). The maximum atomic E-state index is 11.9. The third-order valence-corrected chi connectivity index (χ3v) is 4.51. The van der Waals surface area contributed by atoms with E-state index in [9.17, 15) is 9.59 Å². The van der Waals surface area contributed by atoms with E-state index in [4.69, 9.17) is 0 Å². The van der Waals surface area contributed by atoms with Crippen molar-refractivity contribution in [3.05, 3.63) is 40.9 Å². The number of aryl methyl sites for hydroxylation is 1. The van der Waals surface area contributed by atoms with E-state index in [0.29, 0.717) is 5.56 Å². The average molecular weight is 322 g/mol. The van der Waals surface area contributed by atoms with Gasteiger partial charge in [-0.25, -0.2) is 0 Å². The van der Waals surface area contributed by atoms with Gasteiger partial charge < -0.3 is 0 Å². The van der Waals surface area contributed by atoms with Crippen molar-refractivity contribution in [2.75, 3.05) is 0 Å². The standard InChI is InChI=1S/C13H14N4O2S2/c1-8(20-13-17-14-9(2)21-13)11(18)15-16-12(19)10-6-4-3-5-7-10/h3-8H,1-2H3,(H,15,18)(H,16,19)/t8-/m1/s1. The maximum absolute atomic E-state index is 11.9. The van der Waals surface area contributed by atoms with Gasteiger partial charge in [-0.1, -0.05) is 41.3 Å². The number of rotatable bonds is 4. The third kappa shape index (κ3) is 4.54. The molecule has 0 spiro atoms. The van der Waals surface area contributed by atoms with Crippen molar-refractivity contribution >= 4 is 34.9 Å². The van der Waals surface area contributed by atoms with Gasteiger partial charge in [0.15, 0.2) is 4.34 Å². The number of nitrogens with zero attached hydrogens (tertiary/aromatic N) is 2. The van der Waals surface area contributed by atoms with E-state index in [1.165, 1.54) is 23.1 Å². The Morgan fingerprint density at radius 3 is 2.52 bits per heavy atom. The molecule has 0 fully saturated rings. The first-order valence-corrected chi connectivity index (χ1v) is 7.88. The van der Waals surface area contributed by atoms with Gasteiger partial charge in [0, 0.05) is 5.56 Å². The zero-order valence-corrected chi connectivity index (χ0v) is 13.1. The third-order valence-electron chi connectivity index (χ3n) is 2.49. The molecule has 2 amide bonds. The van der Waals surface area contributed by atoms with Gasteiger partial charge >= 0.3 is 0 Å². The van der Waals surface area contributed by atoms with Crippen molar-refractivity contribution in [2.45, 2.75) is 23.4 Å². The first kappa shape index (κ1) is 15.5. The average Bonchev–Trinajstić information content (AvgIpc) is 2.90. The Kier molecular flexibility index (Phi) is 5.29. The molecule has 0 saturated carbocycles. The van der Waals surface area contributed by atoms with Crippen LogP contribution < -0.4 is 10.9 Å². The zero-order valence-electron chi connectivity index (χ0n) is 11.5. The SMILES string of the molecule is Cc1nnc(S[C@H](C)C(=O)NNC(=O)c2ccccc2)s1. The summed E-state index contributed by atoms with van der Waals surface area (Å²) in [7, 11) is 0. The molecule has 0 bridgehead atoms. The number of carbonyl (C=O) groups is 2. The molecule has 1 aromatic carbocycles. The van der Waals surface area contributed by atoms with Crippen molar-refractivity contribution < 1.29 is 9.59 Å².